The van der Waals surface area contributed by atoms with E-state index in [1.807, 2.05) is 47.8 Å². The van der Waals surface area contributed by atoms with Crippen molar-refractivity contribution in [1.29, 1.82) is 0 Å². The van der Waals surface area contributed by atoms with Gasteiger partial charge in [0.15, 0.2) is 10.9 Å². The van der Waals surface area contributed by atoms with E-state index < -0.39 is 0 Å². The highest BCUT2D eigenvalue weighted by Gasteiger charge is 2.06. The Morgan fingerprint density at radius 2 is 2.00 bits per heavy atom. The summed E-state index contributed by atoms with van der Waals surface area (Å²) in [4.78, 5) is 16.0. The molecule has 0 saturated carbocycles. The first-order chi connectivity index (χ1) is 10.6. The molecule has 2 aromatic carbocycles. The number of rotatable bonds is 4. The zero-order valence-corrected chi connectivity index (χ0v) is 12.9. The number of thiazole rings is 1. The smallest absolute Gasteiger partial charge is 0.187 e. The summed E-state index contributed by atoms with van der Waals surface area (Å²) in [6.07, 6.45) is 0. The van der Waals surface area contributed by atoms with Crippen molar-refractivity contribution in [2.24, 2.45) is 0 Å². The first-order valence-corrected chi connectivity index (χ1v) is 7.69. The molecule has 0 bridgehead atoms. The second-order valence-electron chi connectivity index (χ2n) is 4.93. The molecule has 0 fully saturated rings. The summed E-state index contributed by atoms with van der Waals surface area (Å²) in [5, 5.41) is 5.98. The van der Waals surface area contributed by atoms with E-state index in [1.54, 1.807) is 13.0 Å². The molecule has 0 saturated heterocycles. The van der Waals surface area contributed by atoms with Crippen molar-refractivity contribution < 1.29 is 4.79 Å². The number of aromatic nitrogens is 1. The van der Waals surface area contributed by atoms with Crippen LogP contribution in [0, 0.1) is 0 Å². The number of nitrogens with zero attached hydrogens (tertiary/aromatic N) is 1. The van der Waals surface area contributed by atoms with E-state index >= 15 is 0 Å². The molecule has 0 amide bonds. The van der Waals surface area contributed by atoms with Crippen LogP contribution in [0.5, 0.6) is 0 Å². The van der Waals surface area contributed by atoms with Crippen molar-refractivity contribution in [2.45, 2.75) is 6.92 Å². The molecule has 3 rings (SSSR count). The van der Waals surface area contributed by atoms with Crippen LogP contribution in [0.3, 0.4) is 0 Å². The van der Waals surface area contributed by atoms with E-state index in [0.29, 0.717) is 11.3 Å². The number of ketones is 1. The maximum atomic E-state index is 11.4. The van der Waals surface area contributed by atoms with Gasteiger partial charge in [0.25, 0.3) is 0 Å². The lowest BCUT2D eigenvalue weighted by atomic mass is 10.1. The summed E-state index contributed by atoms with van der Waals surface area (Å²) >= 11 is 1.51. The van der Waals surface area contributed by atoms with Crippen LogP contribution in [0.4, 0.5) is 16.5 Å². The molecule has 4 nitrogen and oxygen atoms in total. The van der Waals surface area contributed by atoms with Crippen molar-refractivity contribution in [3.05, 3.63) is 59.5 Å². The number of hydrogen-bond acceptors (Lipinski definition) is 5. The van der Waals surface area contributed by atoms with Crippen LogP contribution in [-0.2, 0) is 0 Å². The predicted molar refractivity (Wildman–Crippen MR) is 91.7 cm³/mol. The minimum Gasteiger partial charge on any atom is -0.399 e. The molecular weight excluding hydrogens is 294 g/mol. The van der Waals surface area contributed by atoms with Crippen LogP contribution in [0.1, 0.15) is 17.3 Å². The Labute approximate surface area is 132 Å². The predicted octanol–water partition coefficient (Wildman–Crippen LogP) is 4.34. The number of nitrogens with two attached hydrogens (primary N) is 1. The minimum atomic E-state index is 0.0447. The van der Waals surface area contributed by atoms with E-state index in [9.17, 15) is 4.79 Å². The Hall–Kier alpha value is -2.66. The van der Waals surface area contributed by atoms with Crippen LogP contribution >= 0.6 is 11.3 Å². The Bertz CT molecular complexity index is 826. The molecule has 0 spiro atoms. The van der Waals surface area contributed by atoms with E-state index in [1.165, 1.54) is 11.3 Å². The third-order valence-corrected chi connectivity index (χ3v) is 3.96. The largest absolute Gasteiger partial charge is 0.399 e. The molecule has 110 valence electrons. The van der Waals surface area contributed by atoms with E-state index in [2.05, 4.69) is 10.3 Å². The topological polar surface area (TPSA) is 68.0 Å². The fourth-order valence-electron chi connectivity index (χ4n) is 2.10. The Kier molecular flexibility index (Phi) is 3.89. The van der Waals surface area contributed by atoms with Crippen LogP contribution < -0.4 is 11.1 Å². The number of Topliss-reactive ketones (excluding diaryl/α,β-unsaturated/α-hetero) is 1. The maximum absolute atomic E-state index is 11.4. The number of carbonyl (C=O) groups excluding carboxylic acids is 1. The standard InChI is InChI=1S/C17H15N3OS/c1-11(21)12-4-3-7-15(9-12)19-17-20-16(10-22-17)13-5-2-6-14(18)8-13/h2-10H,18H2,1H3,(H,19,20). The van der Waals surface area contributed by atoms with Crippen molar-refractivity contribution in [3.8, 4) is 11.3 Å². The lowest BCUT2D eigenvalue weighted by molar-refractivity contribution is 0.101. The van der Waals surface area contributed by atoms with Crippen LogP contribution in [0.15, 0.2) is 53.9 Å². The average molecular weight is 309 g/mol. The second kappa shape index (κ2) is 5.99. The van der Waals surface area contributed by atoms with Gasteiger partial charge in [-0.2, -0.15) is 0 Å². The molecule has 0 aliphatic carbocycles. The van der Waals surface area contributed by atoms with Gasteiger partial charge in [0.2, 0.25) is 0 Å². The highest BCUT2D eigenvalue weighted by atomic mass is 32.1. The van der Waals surface area contributed by atoms with Gasteiger partial charge < -0.3 is 11.1 Å². The number of nitrogen functional groups attached to an aromatic ring is 1. The third-order valence-electron chi connectivity index (χ3n) is 3.21. The monoisotopic (exact) mass is 309 g/mol. The molecule has 0 aliphatic heterocycles. The quantitative estimate of drug-likeness (QED) is 0.556. The van der Waals surface area contributed by atoms with E-state index in [-0.39, 0.29) is 5.78 Å². The fraction of sp³-hybridized carbons (Fsp3) is 0.0588. The van der Waals surface area contributed by atoms with Gasteiger partial charge in [0.05, 0.1) is 5.69 Å². The lowest BCUT2D eigenvalue weighted by Gasteiger charge is -2.04. The fourth-order valence-corrected chi connectivity index (χ4v) is 2.84. The summed E-state index contributed by atoms with van der Waals surface area (Å²) in [7, 11) is 0. The molecule has 5 heteroatoms. The average Bonchev–Trinajstić information content (AvgIpc) is 2.96. The SMILES string of the molecule is CC(=O)c1cccc(Nc2nc(-c3cccc(N)c3)cs2)c1. The van der Waals surface area contributed by atoms with Gasteiger partial charge in [-0.15, -0.1) is 11.3 Å². The van der Waals surface area contributed by atoms with Crippen LogP contribution in [-0.4, -0.2) is 10.8 Å². The zero-order chi connectivity index (χ0) is 15.5. The number of nitrogens with one attached hydrogen (secondary N) is 1. The van der Waals surface area contributed by atoms with Crippen molar-refractivity contribution in [3.63, 3.8) is 0 Å². The van der Waals surface area contributed by atoms with Gasteiger partial charge in [0, 0.05) is 27.9 Å². The van der Waals surface area contributed by atoms with Crippen molar-refractivity contribution >= 4 is 33.6 Å². The van der Waals surface area contributed by atoms with Gasteiger partial charge in [0.1, 0.15) is 0 Å². The van der Waals surface area contributed by atoms with Crippen molar-refractivity contribution in [2.75, 3.05) is 11.1 Å². The molecule has 0 unspecified atom stereocenters. The third kappa shape index (κ3) is 3.15. The molecule has 0 aliphatic rings. The molecule has 1 heterocycles. The normalized spacial score (nSPS) is 10.4. The van der Waals surface area contributed by atoms with Gasteiger partial charge in [-0.05, 0) is 31.2 Å². The number of carbonyl (C=O) groups is 1. The van der Waals surface area contributed by atoms with Gasteiger partial charge >= 0.3 is 0 Å². The molecule has 3 aromatic rings. The molecule has 3 N–H and O–H groups in total. The Morgan fingerprint density at radius 3 is 2.77 bits per heavy atom. The van der Waals surface area contributed by atoms with Crippen LogP contribution in [0.2, 0.25) is 0 Å². The summed E-state index contributed by atoms with van der Waals surface area (Å²) < 4.78 is 0. The number of anilines is 3. The summed E-state index contributed by atoms with van der Waals surface area (Å²) in [5.74, 6) is 0.0447. The maximum Gasteiger partial charge on any atom is 0.187 e. The highest BCUT2D eigenvalue weighted by Crippen LogP contribution is 2.28. The van der Waals surface area contributed by atoms with E-state index in [4.69, 9.17) is 5.73 Å². The molecule has 22 heavy (non-hydrogen) atoms. The molecule has 0 radical (unpaired) electrons. The highest BCUT2D eigenvalue weighted by molar-refractivity contribution is 7.14. The molecular formula is C17H15N3OS. The molecule has 0 atom stereocenters. The second-order valence-corrected chi connectivity index (χ2v) is 5.78. The van der Waals surface area contributed by atoms with Gasteiger partial charge in [-0.1, -0.05) is 24.3 Å². The van der Waals surface area contributed by atoms with Gasteiger partial charge in [-0.25, -0.2) is 4.98 Å². The van der Waals surface area contributed by atoms with Crippen LogP contribution in [0.25, 0.3) is 11.3 Å². The number of benzene rings is 2. The lowest BCUT2D eigenvalue weighted by Crippen LogP contribution is -1.95. The zero-order valence-electron chi connectivity index (χ0n) is 12.0. The minimum absolute atomic E-state index is 0.0447. The summed E-state index contributed by atoms with van der Waals surface area (Å²) in [6, 6.07) is 15.0. The van der Waals surface area contributed by atoms with Gasteiger partial charge in [-0.3, -0.25) is 4.79 Å². The Balaban J connectivity index is 1.83. The summed E-state index contributed by atoms with van der Waals surface area (Å²) in [6.45, 7) is 1.56. The van der Waals surface area contributed by atoms with E-state index in [0.717, 1.165) is 22.1 Å². The number of hydrogen-bond donors (Lipinski definition) is 2. The first-order valence-electron chi connectivity index (χ1n) is 6.81. The first kappa shape index (κ1) is 14.3. The Morgan fingerprint density at radius 1 is 1.18 bits per heavy atom. The molecule has 1 aromatic heterocycles. The van der Waals surface area contributed by atoms with Crippen molar-refractivity contribution in [1.82, 2.24) is 4.98 Å². The summed E-state index contributed by atoms with van der Waals surface area (Å²) in [5.41, 5.74) is 9.91.